The van der Waals surface area contributed by atoms with Crippen molar-refractivity contribution in [1.82, 2.24) is 20.4 Å². The number of amides is 2. The SMILES string of the molecule is O=C(NC1Cc2c(C(=O)NCc3ccccc3)cnn2C1)c1ccc(F)c(F)c1. The van der Waals surface area contributed by atoms with E-state index in [4.69, 9.17) is 0 Å². The fraction of sp³-hybridized carbons (Fsp3) is 0.190. The van der Waals surface area contributed by atoms with Crippen LogP contribution in [0.15, 0.2) is 54.7 Å². The summed E-state index contributed by atoms with van der Waals surface area (Å²) in [6.45, 7) is 0.803. The summed E-state index contributed by atoms with van der Waals surface area (Å²) in [6.07, 6.45) is 1.94. The van der Waals surface area contributed by atoms with Crippen molar-refractivity contribution >= 4 is 11.8 Å². The van der Waals surface area contributed by atoms with Crippen LogP contribution in [0, 0.1) is 11.6 Å². The molecule has 6 nitrogen and oxygen atoms in total. The maximum atomic E-state index is 13.3. The molecule has 0 spiro atoms. The quantitative estimate of drug-likeness (QED) is 0.696. The number of halogens is 2. The summed E-state index contributed by atoms with van der Waals surface area (Å²) in [7, 11) is 0. The first kappa shape index (κ1) is 18.8. The lowest BCUT2D eigenvalue weighted by molar-refractivity contribution is 0.0934. The van der Waals surface area contributed by atoms with Gasteiger partial charge in [-0.2, -0.15) is 5.10 Å². The van der Waals surface area contributed by atoms with Crippen molar-refractivity contribution in [1.29, 1.82) is 0 Å². The molecule has 2 amide bonds. The van der Waals surface area contributed by atoms with Gasteiger partial charge in [0.05, 0.1) is 30.0 Å². The molecular weight excluding hydrogens is 378 g/mol. The van der Waals surface area contributed by atoms with E-state index < -0.39 is 17.5 Å². The van der Waals surface area contributed by atoms with E-state index in [9.17, 15) is 18.4 Å². The molecule has 29 heavy (non-hydrogen) atoms. The Morgan fingerprint density at radius 3 is 2.62 bits per heavy atom. The second kappa shape index (κ2) is 7.83. The average molecular weight is 396 g/mol. The van der Waals surface area contributed by atoms with Crippen LogP contribution < -0.4 is 10.6 Å². The molecule has 3 aromatic rings. The minimum atomic E-state index is -1.07. The minimum absolute atomic E-state index is 0.0364. The first-order valence-electron chi connectivity index (χ1n) is 9.14. The lowest BCUT2D eigenvalue weighted by Gasteiger charge is -2.12. The number of fused-ring (bicyclic) bond motifs is 1. The van der Waals surface area contributed by atoms with Gasteiger partial charge in [-0.25, -0.2) is 8.78 Å². The van der Waals surface area contributed by atoms with Crippen LogP contribution in [0.5, 0.6) is 0 Å². The highest BCUT2D eigenvalue weighted by Crippen LogP contribution is 2.20. The molecule has 1 aliphatic heterocycles. The van der Waals surface area contributed by atoms with Crippen LogP contribution in [0.2, 0.25) is 0 Å². The Bertz CT molecular complexity index is 1070. The number of rotatable bonds is 5. The third kappa shape index (κ3) is 4.01. The molecule has 2 N–H and O–H groups in total. The number of carbonyl (C=O) groups is 2. The monoisotopic (exact) mass is 396 g/mol. The number of carbonyl (C=O) groups excluding carboxylic acids is 2. The molecule has 1 unspecified atom stereocenters. The molecule has 0 saturated heterocycles. The van der Waals surface area contributed by atoms with E-state index in [0.717, 1.165) is 23.4 Å². The van der Waals surface area contributed by atoms with Gasteiger partial charge in [-0.3, -0.25) is 14.3 Å². The van der Waals surface area contributed by atoms with Crippen LogP contribution in [0.3, 0.4) is 0 Å². The van der Waals surface area contributed by atoms with Crippen LogP contribution in [-0.2, 0) is 19.5 Å². The largest absolute Gasteiger partial charge is 0.348 e. The van der Waals surface area contributed by atoms with Gasteiger partial charge in [0.1, 0.15) is 0 Å². The Balaban J connectivity index is 1.38. The van der Waals surface area contributed by atoms with Crippen molar-refractivity contribution in [3.8, 4) is 0 Å². The number of hydrogen-bond acceptors (Lipinski definition) is 3. The van der Waals surface area contributed by atoms with E-state index in [1.807, 2.05) is 30.3 Å². The molecule has 1 aliphatic rings. The molecule has 2 heterocycles. The summed E-state index contributed by atoms with van der Waals surface area (Å²) in [6, 6.07) is 12.3. The Kier molecular flexibility index (Phi) is 5.07. The van der Waals surface area contributed by atoms with E-state index in [1.54, 1.807) is 4.68 Å². The van der Waals surface area contributed by atoms with E-state index in [1.165, 1.54) is 12.3 Å². The number of nitrogens with one attached hydrogen (secondary N) is 2. The maximum Gasteiger partial charge on any atom is 0.255 e. The zero-order valence-electron chi connectivity index (χ0n) is 15.4. The second-order valence-electron chi connectivity index (χ2n) is 6.86. The van der Waals surface area contributed by atoms with Crippen molar-refractivity contribution in [3.63, 3.8) is 0 Å². The zero-order chi connectivity index (χ0) is 20.4. The minimum Gasteiger partial charge on any atom is -0.348 e. The summed E-state index contributed by atoms with van der Waals surface area (Å²) in [5.74, 6) is -2.82. The highest BCUT2D eigenvalue weighted by atomic mass is 19.2. The van der Waals surface area contributed by atoms with Crippen molar-refractivity contribution < 1.29 is 18.4 Å². The standard InChI is InChI=1S/C21H18F2N4O2/c22-17-7-6-14(8-18(17)23)20(28)26-15-9-19-16(11-25-27(19)12-15)21(29)24-10-13-4-2-1-3-5-13/h1-8,11,15H,9-10,12H2,(H,24,29)(H,26,28). The molecule has 0 saturated carbocycles. The van der Waals surface area contributed by atoms with E-state index >= 15 is 0 Å². The van der Waals surface area contributed by atoms with Crippen LogP contribution in [0.25, 0.3) is 0 Å². The Labute approximate surface area is 165 Å². The molecule has 0 aliphatic carbocycles. The maximum absolute atomic E-state index is 13.3. The normalized spacial score (nSPS) is 15.0. The summed E-state index contributed by atoms with van der Waals surface area (Å²) >= 11 is 0. The molecule has 2 aromatic carbocycles. The van der Waals surface area contributed by atoms with Gasteiger partial charge in [0.2, 0.25) is 0 Å². The first-order chi connectivity index (χ1) is 14.0. The summed E-state index contributed by atoms with van der Waals surface area (Å²) in [5.41, 5.74) is 2.22. The zero-order valence-corrected chi connectivity index (χ0v) is 15.4. The van der Waals surface area contributed by atoms with E-state index in [2.05, 4.69) is 15.7 Å². The van der Waals surface area contributed by atoms with Gasteiger partial charge in [-0.05, 0) is 23.8 Å². The van der Waals surface area contributed by atoms with Crippen molar-refractivity contribution in [3.05, 3.63) is 88.7 Å². The topological polar surface area (TPSA) is 76.0 Å². The second-order valence-corrected chi connectivity index (χ2v) is 6.86. The van der Waals surface area contributed by atoms with Crippen LogP contribution in [0.1, 0.15) is 32.0 Å². The fourth-order valence-corrected chi connectivity index (χ4v) is 3.36. The van der Waals surface area contributed by atoms with E-state index in [0.29, 0.717) is 25.1 Å². The molecule has 1 aromatic heterocycles. The number of benzene rings is 2. The highest BCUT2D eigenvalue weighted by Gasteiger charge is 2.29. The van der Waals surface area contributed by atoms with Gasteiger partial charge < -0.3 is 10.6 Å². The molecule has 1 atom stereocenters. The lowest BCUT2D eigenvalue weighted by atomic mass is 10.1. The predicted molar refractivity (Wildman–Crippen MR) is 101 cm³/mol. The smallest absolute Gasteiger partial charge is 0.255 e. The van der Waals surface area contributed by atoms with Gasteiger partial charge in [0.25, 0.3) is 11.8 Å². The van der Waals surface area contributed by atoms with Crippen LogP contribution in [-0.4, -0.2) is 27.6 Å². The Morgan fingerprint density at radius 2 is 1.86 bits per heavy atom. The van der Waals surface area contributed by atoms with Crippen molar-refractivity contribution in [2.24, 2.45) is 0 Å². The molecule has 0 bridgehead atoms. The van der Waals surface area contributed by atoms with E-state index in [-0.39, 0.29) is 17.5 Å². The fourth-order valence-electron chi connectivity index (χ4n) is 3.36. The Hall–Kier alpha value is -3.55. The van der Waals surface area contributed by atoms with Gasteiger partial charge in [-0.1, -0.05) is 30.3 Å². The predicted octanol–water partition coefficient (Wildman–Crippen LogP) is 2.45. The summed E-state index contributed by atoms with van der Waals surface area (Å²) in [5, 5.41) is 9.87. The third-order valence-electron chi connectivity index (χ3n) is 4.84. The molecule has 8 heteroatoms. The summed E-state index contributed by atoms with van der Waals surface area (Å²) < 4.78 is 28.1. The van der Waals surface area contributed by atoms with Gasteiger partial charge in [0.15, 0.2) is 11.6 Å². The molecular formula is C21H18F2N4O2. The third-order valence-corrected chi connectivity index (χ3v) is 4.84. The molecule has 4 rings (SSSR count). The number of aromatic nitrogens is 2. The lowest BCUT2D eigenvalue weighted by Crippen LogP contribution is -2.36. The van der Waals surface area contributed by atoms with Gasteiger partial charge >= 0.3 is 0 Å². The first-order valence-corrected chi connectivity index (χ1v) is 9.14. The summed E-state index contributed by atoms with van der Waals surface area (Å²) in [4.78, 5) is 24.8. The van der Waals surface area contributed by atoms with Crippen LogP contribution in [0.4, 0.5) is 8.78 Å². The number of hydrogen-bond donors (Lipinski definition) is 2. The molecule has 148 valence electrons. The van der Waals surface area contributed by atoms with Crippen LogP contribution >= 0.6 is 0 Å². The Morgan fingerprint density at radius 1 is 1.07 bits per heavy atom. The van der Waals surface area contributed by atoms with Gasteiger partial charge in [-0.15, -0.1) is 0 Å². The van der Waals surface area contributed by atoms with Crippen molar-refractivity contribution in [2.75, 3.05) is 0 Å². The average Bonchev–Trinajstić information content (AvgIpc) is 3.29. The molecule has 0 radical (unpaired) electrons. The molecule has 0 fully saturated rings. The highest BCUT2D eigenvalue weighted by molar-refractivity contribution is 5.96. The van der Waals surface area contributed by atoms with Gasteiger partial charge in [0, 0.05) is 18.5 Å². The van der Waals surface area contributed by atoms with Crippen molar-refractivity contribution in [2.45, 2.75) is 25.6 Å². The number of nitrogens with zero attached hydrogens (tertiary/aromatic N) is 2.